The third-order valence-electron chi connectivity index (χ3n) is 1.52. The van der Waals surface area contributed by atoms with Crippen LogP contribution >= 0.6 is 0 Å². The molecule has 15 heavy (non-hydrogen) atoms. The Morgan fingerprint density at radius 2 is 2.00 bits per heavy atom. The molecule has 0 spiro atoms. The molecule has 1 aromatic carbocycles. The van der Waals surface area contributed by atoms with Gasteiger partial charge in [0.1, 0.15) is 6.61 Å². The first-order valence-corrected chi connectivity index (χ1v) is 3.89. The van der Waals surface area contributed by atoms with Gasteiger partial charge in [0.25, 0.3) is 0 Å². The van der Waals surface area contributed by atoms with Crippen molar-refractivity contribution in [1.82, 2.24) is 0 Å². The van der Waals surface area contributed by atoms with E-state index in [1.165, 1.54) is 12.1 Å². The Hall–Kier alpha value is -1.30. The molecule has 0 aromatic heterocycles. The lowest BCUT2D eigenvalue weighted by atomic mass is 10.2. The number of hydrogen-bond acceptors (Lipinski definition) is 2. The highest BCUT2D eigenvalue weighted by Crippen LogP contribution is 2.23. The minimum absolute atomic E-state index is 0.227. The number of alkyl halides is 3. The highest BCUT2D eigenvalue weighted by Gasteiger charge is 2.29. The summed E-state index contributed by atoms with van der Waals surface area (Å²) in [5.74, 6) is -1.57. The van der Waals surface area contributed by atoms with Gasteiger partial charge in [0.2, 0.25) is 0 Å². The van der Waals surface area contributed by atoms with E-state index in [0.29, 0.717) is 6.61 Å². The van der Waals surface area contributed by atoms with Crippen LogP contribution in [0.15, 0.2) is 18.2 Å². The molecule has 0 aliphatic heterocycles. The molecule has 0 saturated heterocycles. The van der Waals surface area contributed by atoms with E-state index in [0.717, 1.165) is 6.07 Å². The van der Waals surface area contributed by atoms with Crippen LogP contribution < -0.4 is 4.74 Å². The quantitative estimate of drug-likeness (QED) is 0.798. The average molecular weight is 223 g/mol. The lowest BCUT2D eigenvalue weighted by Gasteiger charge is -2.10. The van der Waals surface area contributed by atoms with Crippen molar-refractivity contribution in [3.05, 3.63) is 36.2 Å². The van der Waals surface area contributed by atoms with Gasteiger partial charge in [-0.15, -0.1) is 0 Å². The Bertz CT molecular complexity index is 335. The van der Waals surface area contributed by atoms with Crippen molar-refractivity contribution in [3.63, 3.8) is 0 Å². The van der Waals surface area contributed by atoms with Gasteiger partial charge in [0, 0.05) is 5.56 Å². The molecule has 83 valence electrons. The van der Waals surface area contributed by atoms with E-state index < -0.39 is 24.3 Å². The molecule has 1 N–H and O–H groups in total. The van der Waals surface area contributed by atoms with Gasteiger partial charge < -0.3 is 9.84 Å². The highest BCUT2D eigenvalue weighted by molar-refractivity contribution is 5.33. The second-order valence-electron chi connectivity index (χ2n) is 2.69. The normalized spacial score (nSPS) is 11.5. The Labute approximate surface area is 83.1 Å². The molecule has 0 aliphatic carbocycles. The number of ether oxygens (including phenoxy) is 1. The van der Waals surface area contributed by atoms with Crippen molar-refractivity contribution < 1.29 is 27.4 Å². The summed E-state index contributed by atoms with van der Waals surface area (Å²) in [6.07, 6.45) is -4.52. The maximum atomic E-state index is 13.2. The lowest BCUT2D eigenvalue weighted by molar-refractivity contribution is -0.153. The molecule has 0 saturated carbocycles. The van der Waals surface area contributed by atoms with E-state index in [1.807, 2.05) is 0 Å². The second-order valence-corrected chi connectivity index (χ2v) is 2.69. The molecule has 0 atom stereocenters. The first-order valence-electron chi connectivity index (χ1n) is 3.89. The van der Waals surface area contributed by atoms with Crippen LogP contribution in [0.4, 0.5) is 17.6 Å². The van der Waals surface area contributed by atoms with Crippen molar-refractivity contribution >= 4 is 0 Å². The zero-order chi connectivity index (χ0) is 11.5. The smallest absolute Gasteiger partial charge is 0.422 e. The van der Waals surface area contributed by atoms with Crippen LogP contribution in [0.3, 0.4) is 0 Å². The molecule has 0 fully saturated rings. The fraction of sp³-hybridized carbons (Fsp3) is 0.222. The van der Waals surface area contributed by atoms with Gasteiger partial charge in [-0.3, -0.25) is 0 Å². The van der Waals surface area contributed by atoms with Crippen LogP contribution in [0.25, 0.3) is 0 Å². The number of aliphatic hydroxyl groups is 1. The standard InChI is InChI=1S/C9H7F4O2/c10-8-6(4-14)2-1-3-7(8)15-5-9(11,12)13/h1-4,14H,5H2. The molecule has 0 bridgehead atoms. The molecule has 6 heteroatoms. The Balaban J connectivity index is 2.78. The van der Waals surface area contributed by atoms with Gasteiger partial charge >= 0.3 is 6.18 Å². The predicted molar refractivity (Wildman–Crippen MR) is 43.3 cm³/mol. The van der Waals surface area contributed by atoms with Crippen LogP contribution in [0.1, 0.15) is 5.56 Å². The summed E-state index contributed by atoms with van der Waals surface area (Å²) < 4.78 is 52.6. The van der Waals surface area contributed by atoms with Gasteiger partial charge in [-0.25, -0.2) is 4.39 Å². The average Bonchev–Trinajstić information content (AvgIpc) is 2.15. The molecule has 1 radical (unpaired) electrons. The molecule has 1 aromatic rings. The van der Waals surface area contributed by atoms with Crippen molar-refractivity contribution in [2.24, 2.45) is 0 Å². The van der Waals surface area contributed by atoms with Crippen LogP contribution in [-0.4, -0.2) is 17.9 Å². The summed E-state index contributed by atoms with van der Waals surface area (Å²) in [5, 5.41) is 8.53. The van der Waals surface area contributed by atoms with E-state index in [9.17, 15) is 17.6 Å². The lowest BCUT2D eigenvalue weighted by Crippen LogP contribution is -2.19. The van der Waals surface area contributed by atoms with Gasteiger partial charge in [0.15, 0.2) is 18.2 Å². The summed E-state index contributed by atoms with van der Waals surface area (Å²) in [7, 11) is 0. The third-order valence-corrected chi connectivity index (χ3v) is 1.52. The van der Waals surface area contributed by atoms with Crippen molar-refractivity contribution in [3.8, 4) is 5.75 Å². The monoisotopic (exact) mass is 223 g/mol. The van der Waals surface area contributed by atoms with E-state index in [-0.39, 0.29) is 5.56 Å². The topological polar surface area (TPSA) is 29.5 Å². The number of halogens is 4. The number of aliphatic hydroxyl groups excluding tert-OH is 1. The minimum atomic E-state index is -4.52. The van der Waals surface area contributed by atoms with Crippen LogP contribution in [-0.2, 0) is 0 Å². The highest BCUT2D eigenvalue weighted by atomic mass is 19.4. The number of benzene rings is 1. The van der Waals surface area contributed by atoms with Gasteiger partial charge in [-0.1, -0.05) is 12.1 Å². The van der Waals surface area contributed by atoms with Crippen molar-refractivity contribution in [1.29, 1.82) is 0 Å². The zero-order valence-electron chi connectivity index (χ0n) is 7.38. The summed E-state index contributed by atoms with van der Waals surface area (Å²) in [4.78, 5) is 0. The summed E-state index contributed by atoms with van der Waals surface area (Å²) in [6.45, 7) is -1.12. The summed E-state index contributed by atoms with van der Waals surface area (Å²) >= 11 is 0. The molecule has 0 unspecified atom stereocenters. The minimum Gasteiger partial charge on any atom is -0.481 e. The SMILES string of the molecule is O[CH]c1cccc(OCC(F)(F)F)c1F. The van der Waals surface area contributed by atoms with Gasteiger partial charge in [0.05, 0.1) is 0 Å². The third kappa shape index (κ3) is 3.39. The van der Waals surface area contributed by atoms with E-state index in [2.05, 4.69) is 4.74 Å². The first kappa shape index (κ1) is 11.8. The van der Waals surface area contributed by atoms with Crippen LogP contribution in [0, 0.1) is 12.4 Å². The molecular formula is C9H7F4O2. The fourth-order valence-corrected chi connectivity index (χ4v) is 0.899. The Morgan fingerprint density at radius 3 is 2.53 bits per heavy atom. The van der Waals surface area contributed by atoms with E-state index in [1.54, 1.807) is 0 Å². The van der Waals surface area contributed by atoms with Crippen LogP contribution in [0.5, 0.6) is 5.75 Å². The zero-order valence-corrected chi connectivity index (χ0v) is 7.38. The largest absolute Gasteiger partial charge is 0.481 e. The van der Waals surface area contributed by atoms with Crippen molar-refractivity contribution in [2.45, 2.75) is 6.18 Å². The predicted octanol–water partition coefficient (Wildman–Crippen LogP) is 2.65. The molecule has 0 amide bonds. The fourth-order valence-electron chi connectivity index (χ4n) is 0.899. The second kappa shape index (κ2) is 4.48. The molecule has 1 rings (SSSR count). The molecule has 0 heterocycles. The van der Waals surface area contributed by atoms with E-state index in [4.69, 9.17) is 5.11 Å². The number of hydrogen-bond donors (Lipinski definition) is 1. The van der Waals surface area contributed by atoms with Crippen LogP contribution in [0.2, 0.25) is 0 Å². The Kier molecular flexibility index (Phi) is 3.52. The summed E-state index contributed by atoms with van der Waals surface area (Å²) in [5.41, 5.74) is -0.227. The maximum Gasteiger partial charge on any atom is 0.422 e. The van der Waals surface area contributed by atoms with E-state index >= 15 is 0 Å². The number of rotatable bonds is 3. The molecular weight excluding hydrogens is 216 g/mol. The van der Waals surface area contributed by atoms with Crippen molar-refractivity contribution in [2.75, 3.05) is 6.61 Å². The Morgan fingerprint density at radius 1 is 1.33 bits per heavy atom. The maximum absolute atomic E-state index is 13.2. The first-order chi connectivity index (χ1) is 6.94. The molecule has 0 aliphatic rings. The van der Waals surface area contributed by atoms with Gasteiger partial charge in [-0.05, 0) is 6.07 Å². The summed E-state index contributed by atoms with van der Waals surface area (Å²) in [6, 6.07) is 3.53. The van der Waals surface area contributed by atoms with Gasteiger partial charge in [-0.2, -0.15) is 13.2 Å². The molecule has 2 nitrogen and oxygen atoms in total.